The Hall–Kier alpha value is -1.25. The monoisotopic (exact) mass is 309 g/mol. The normalized spacial score (nSPS) is 16.6. The van der Waals surface area contributed by atoms with Gasteiger partial charge in [-0.2, -0.15) is 0 Å². The van der Waals surface area contributed by atoms with Gasteiger partial charge >= 0.3 is 0 Å². The highest BCUT2D eigenvalue weighted by molar-refractivity contribution is 9.10. The summed E-state index contributed by atoms with van der Waals surface area (Å²) < 4.78 is 2.78. The van der Waals surface area contributed by atoms with Gasteiger partial charge in [-0.05, 0) is 22.0 Å². The van der Waals surface area contributed by atoms with Crippen LogP contribution in [0.4, 0.5) is 0 Å². The van der Waals surface area contributed by atoms with E-state index in [0.29, 0.717) is 12.2 Å². The van der Waals surface area contributed by atoms with Crippen LogP contribution in [0.2, 0.25) is 0 Å². The van der Waals surface area contributed by atoms with Crippen LogP contribution in [-0.2, 0) is 7.05 Å². The average molecular weight is 310 g/mol. The highest BCUT2D eigenvalue weighted by Gasteiger charge is 2.23. The molecule has 0 radical (unpaired) electrons. The third-order valence-corrected chi connectivity index (χ3v) is 3.60. The quantitative estimate of drug-likeness (QED) is 0.768. The fourth-order valence-electron chi connectivity index (χ4n) is 2.14. The lowest BCUT2D eigenvalue weighted by Gasteiger charge is -2.33. The topological polar surface area (TPSA) is 28.5 Å². The summed E-state index contributed by atoms with van der Waals surface area (Å²) in [5.41, 5.74) is 0.715. The number of amides is 1. The molecule has 1 aromatic rings. The van der Waals surface area contributed by atoms with Gasteiger partial charge in [0.2, 0.25) is 0 Å². The van der Waals surface area contributed by atoms with Gasteiger partial charge in [0.25, 0.3) is 5.91 Å². The summed E-state index contributed by atoms with van der Waals surface area (Å²) in [5.74, 6) is 2.72. The summed E-state index contributed by atoms with van der Waals surface area (Å²) in [5, 5.41) is 0. The lowest BCUT2D eigenvalue weighted by molar-refractivity contribution is 0.0643. The summed E-state index contributed by atoms with van der Waals surface area (Å²) >= 11 is 3.38. The number of nitrogens with zero attached hydrogens (tertiary/aromatic N) is 3. The van der Waals surface area contributed by atoms with E-state index in [4.69, 9.17) is 6.42 Å². The Morgan fingerprint density at radius 3 is 2.61 bits per heavy atom. The van der Waals surface area contributed by atoms with Crippen molar-refractivity contribution in [2.24, 2.45) is 7.05 Å². The van der Waals surface area contributed by atoms with Crippen LogP contribution in [0.3, 0.4) is 0 Å². The van der Waals surface area contributed by atoms with E-state index < -0.39 is 0 Å². The Bertz CT molecular complexity index is 481. The van der Waals surface area contributed by atoms with Crippen LogP contribution in [0.25, 0.3) is 0 Å². The van der Waals surface area contributed by atoms with Gasteiger partial charge in [0, 0.05) is 43.9 Å². The predicted molar refractivity (Wildman–Crippen MR) is 74.3 cm³/mol. The van der Waals surface area contributed by atoms with Crippen LogP contribution in [0, 0.1) is 12.3 Å². The second-order valence-corrected chi connectivity index (χ2v) is 5.34. The van der Waals surface area contributed by atoms with Crippen molar-refractivity contribution < 1.29 is 4.79 Å². The predicted octanol–water partition coefficient (Wildman–Crippen LogP) is 1.18. The molecule has 5 heteroatoms. The van der Waals surface area contributed by atoms with E-state index in [0.717, 1.165) is 30.7 Å². The standard InChI is InChI=1S/C13H16BrN3O/c1-3-4-16-5-7-17(8-6-16)13(18)12-9-11(14)10-15(12)2/h1,9-10H,4-8H2,2H3. The summed E-state index contributed by atoms with van der Waals surface area (Å²) in [7, 11) is 1.88. The molecule has 0 spiro atoms. The maximum Gasteiger partial charge on any atom is 0.270 e. The first-order valence-corrected chi connectivity index (χ1v) is 6.68. The zero-order chi connectivity index (χ0) is 13.1. The van der Waals surface area contributed by atoms with Crippen LogP contribution in [-0.4, -0.2) is 53.0 Å². The largest absolute Gasteiger partial charge is 0.345 e. The van der Waals surface area contributed by atoms with Crippen molar-refractivity contribution in [1.29, 1.82) is 0 Å². The molecule has 1 aliphatic heterocycles. The van der Waals surface area contributed by atoms with Crippen LogP contribution in [0.5, 0.6) is 0 Å². The molecule has 2 rings (SSSR count). The molecule has 0 aromatic carbocycles. The molecule has 0 unspecified atom stereocenters. The van der Waals surface area contributed by atoms with Crippen molar-refractivity contribution in [1.82, 2.24) is 14.4 Å². The second kappa shape index (κ2) is 5.59. The highest BCUT2D eigenvalue weighted by Crippen LogP contribution is 2.16. The molecular weight excluding hydrogens is 294 g/mol. The van der Waals surface area contributed by atoms with Gasteiger partial charge in [0.1, 0.15) is 5.69 Å². The molecule has 1 amide bonds. The fraction of sp³-hybridized carbons (Fsp3) is 0.462. The van der Waals surface area contributed by atoms with Crippen LogP contribution in [0.15, 0.2) is 16.7 Å². The lowest BCUT2D eigenvalue weighted by atomic mass is 10.2. The molecular formula is C13H16BrN3O. The zero-order valence-electron chi connectivity index (χ0n) is 10.4. The minimum Gasteiger partial charge on any atom is -0.345 e. The SMILES string of the molecule is C#CCN1CCN(C(=O)c2cc(Br)cn2C)CC1. The number of terminal acetylenes is 1. The minimum atomic E-state index is 0.0866. The van der Waals surface area contributed by atoms with Gasteiger partial charge in [0.15, 0.2) is 0 Å². The Kier molecular flexibility index (Phi) is 4.10. The maximum absolute atomic E-state index is 12.3. The lowest BCUT2D eigenvalue weighted by Crippen LogP contribution is -2.49. The first-order chi connectivity index (χ1) is 8.61. The molecule has 1 fully saturated rings. The molecule has 1 aromatic heterocycles. The van der Waals surface area contributed by atoms with Gasteiger partial charge in [-0.25, -0.2) is 0 Å². The fourth-order valence-corrected chi connectivity index (χ4v) is 2.66. The number of piperazine rings is 1. The van der Waals surface area contributed by atoms with Gasteiger partial charge in [-0.1, -0.05) is 5.92 Å². The van der Waals surface area contributed by atoms with Crippen molar-refractivity contribution in [2.45, 2.75) is 0 Å². The summed E-state index contributed by atoms with van der Waals surface area (Å²) in [4.78, 5) is 16.4. The number of halogens is 1. The van der Waals surface area contributed by atoms with Crippen LogP contribution in [0.1, 0.15) is 10.5 Å². The molecule has 4 nitrogen and oxygen atoms in total. The van der Waals surface area contributed by atoms with E-state index in [1.165, 1.54) is 0 Å². The molecule has 0 bridgehead atoms. The van der Waals surface area contributed by atoms with Crippen molar-refractivity contribution in [3.63, 3.8) is 0 Å². The zero-order valence-corrected chi connectivity index (χ0v) is 12.0. The first-order valence-electron chi connectivity index (χ1n) is 5.89. The molecule has 96 valence electrons. The number of aryl methyl sites for hydroxylation is 1. The third kappa shape index (κ3) is 2.77. The van der Waals surface area contributed by atoms with Crippen LogP contribution >= 0.6 is 15.9 Å². The number of rotatable bonds is 2. The molecule has 0 aliphatic carbocycles. The Balaban J connectivity index is 2.00. The van der Waals surface area contributed by atoms with E-state index in [2.05, 4.69) is 26.8 Å². The van der Waals surface area contributed by atoms with E-state index in [-0.39, 0.29) is 5.91 Å². The number of carbonyl (C=O) groups excluding carboxylic acids is 1. The summed E-state index contributed by atoms with van der Waals surface area (Å²) in [6.45, 7) is 3.84. The van der Waals surface area contributed by atoms with Crippen LogP contribution < -0.4 is 0 Å². The Morgan fingerprint density at radius 1 is 1.44 bits per heavy atom. The second-order valence-electron chi connectivity index (χ2n) is 4.43. The molecule has 0 atom stereocenters. The smallest absolute Gasteiger partial charge is 0.270 e. The van der Waals surface area contributed by atoms with Gasteiger partial charge in [0.05, 0.1) is 6.54 Å². The number of hydrogen-bond donors (Lipinski definition) is 0. The van der Waals surface area contributed by atoms with Gasteiger partial charge in [-0.15, -0.1) is 6.42 Å². The molecule has 1 aliphatic rings. The molecule has 0 saturated carbocycles. The third-order valence-electron chi connectivity index (χ3n) is 3.17. The Morgan fingerprint density at radius 2 is 2.11 bits per heavy atom. The molecule has 18 heavy (non-hydrogen) atoms. The van der Waals surface area contributed by atoms with E-state index in [9.17, 15) is 4.79 Å². The Labute approximate surface area is 116 Å². The minimum absolute atomic E-state index is 0.0866. The van der Waals surface area contributed by atoms with Gasteiger partial charge < -0.3 is 9.47 Å². The number of carbonyl (C=O) groups is 1. The van der Waals surface area contributed by atoms with Gasteiger partial charge in [-0.3, -0.25) is 9.69 Å². The summed E-state index contributed by atoms with van der Waals surface area (Å²) in [6.07, 6.45) is 7.18. The molecule has 1 saturated heterocycles. The number of hydrogen-bond acceptors (Lipinski definition) is 2. The van der Waals surface area contributed by atoms with Crippen molar-refractivity contribution in [3.8, 4) is 12.3 Å². The van der Waals surface area contributed by atoms with E-state index in [1.807, 2.05) is 28.8 Å². The highest BCUT2D eigenvalue weighted by atomic mass is 79.9. The van der Waals surface area contributed by atoms with E-state index >= 15 is 0 Å². The van der Waals surface area contributed by atoms with Crippen molar-refractivity contribution in [3.05, 3.63) is 22.4 Å². The molecule has 0 N–H and O–H groups in total. The number of aromatic nitrogens is 1. The van der Waals surface area contributed by atoms with Crippen molar-refractivity contribution >= 4 is 21.8 Å². The first kappa shape index (κ1) is 13.2. The maximum atomic E-state index is 12.3. The average Bonchev–Trinajstić information content (AvgIpc) is 2.69. The summed E-state index contributed by atoms with van der Waals surface area (Å²) in [6, 6.07) is 1.86. The van der Waals surface area contributed by atoms with Crippen molar-refractivity contribution in [2.75, 3.05) is 32.7 Å². The van der Waals surface area contributed by atoms with E-state index in [1.54, 1.807) is 0 Å². The molecule has 2 heterocycles.